The lowest BCUT2D eigenvalue weighted by Gasteiger charge is -2.32. The van der Waals surface area contributed by atoms with E-state index in [1.165, 1.54) is 30.7 Å². The third-order valence-electron chi connectivity index (χ3n) is 5.07. The van der Waals surface area contributed by atoms with Crippen LogP contribution in [0.4, 0.5) is 15.8 Å². The van der Waals surface area contributed by atoms with Crippen molar-refractivity contribution in [3.05, 3.63) is 58.9 Å². The second-order valence-electron chi connectivity index (χ2n) is 7.21. The van der Waals surface area contributed by atoms with Crippen LogP contribution in [0.5, 0.6) is 0 Å². The Bertz CT molecular complexity index is 789. The van der Waals surface area contributed by atoms with E-state index in [1.54, 1.807) is 6.07 Å². The Morgan fingerprint density at radius 2 is 1.85 bits per heavy atom. The average molecular weight is 406 g/mol. The van der Waals surface area contributed by atoms with Gasteiger partial charge >= 0.3 is 0 Å². The van der Waals surface area contributed by atoms with Gasteiger partial charge in [0.15, 0.2) is 5.11 Å². The predicted molar refractivity (Wildman–Crippen MR) is 116 cm³/mol. The van der Waals surface area contributed by atoms with E-state index in [4.69, 9.17) is 23.8 Å². The number of benzene rings is 2. The van der Waals surface area contributed by atoms with Gasteiger partial charge in [-0.1, -0.05) is 30.7 Å². The van der Waals surface area contributed by atoms with Crippen molar-refractivity contribution in [2.75, 3.05) is 23.3 Å². The Morgan fingerprint density at radius 3 is 2.48 bits per heavy atom. The third kappa shape index (κ3) is 5.33. The van der Waals surface area contributed by atoms with Gasteiger partial charge < -0.3 is 15.5 Å². The number of piperidine rings is 1. The smallest absolute Gasteiger partial charge is 0.171 e. The first-order valence-electron chi connectivity index (χ1n) is 9.30. The van der Waals surface area contributed by atoms with Gasteiger partial charge in [-0.15, -0.1) is 0 Å². The predicted octanol–water partition coefficient (Wildman–Crippen LogP) is 5.76. The Kier molecular flexibility index (Phi) is 6.55. The first-order chi connectivity index (χ1) is 12.9. The van der Waals surface area contributed by atoms with E-state index in [2.05, 4.69) is 53.6 Å². The van der Waals surface area contributed by atoms with E-state index in [0.717, 1.165) is 24.6 Å². The molecule has 0 amide bonds. The fourth-order valence-electron chi connectivity index (χ4n) is 3.26. The molecule has 2 aromatic rings. The lowest BCUT2D eigenvalue weighted by Crippen LogP contribution is -2.33. The van der Waals surface area contributed by atoms with Crippen molar-refractivity contribution in [2.45, 2.75) is 32.7 Å². The van der Waals surface area contributed by atoms with Gasteiger partial charge in [0.05, 0.1) is 11.1 Å². The highest BCUT2D eigenvalue weighted by Gasteiger charge is 2.16. The summed E-state index contributed by atoms with van der Waals surface area (Å²) in [6, 6.07) is 13.1. The molecule has 1 aliphatic heterocycles. The van der Waals surface area contributed by atoms with Crippen LogP contribution in [0.15, 0.2) is 42.5 Å². The van der Waals surface area contributed by atoms with Crippen molar-refractivity contribution in [3.63, 3.8) is 0 Å². The molecule has 0 saturated carbocycles. The minimum atomic E-state index is -0.447. The molecule has 144 valence electrons. The Morgan fingerprint density at radius 1 is 1.19 bits per heavy atom. The van der Waals surface area contributed by atoms with E-state index < -0.39 is 5.82 Å². The second kappa shape index (κ2) is 8.89. The molecule has 3 nitrogen and oxygen atoms in total. The van der Waals surface area contributed by atoms with Crippen molar-refractivity contribution in [2.24, 2.45) is 5.92 Å². The number of hydrogen-bond donors (Lipinski definition) is 2. The van der Waals surface area contributed by atoms with Crippen LogP contribution < -0.4 is 15.5 Å². The van der Waals surface area contributed by atoms with Gasteiger partial charge in [-0.05, 0) is 73.8 Å². The van der Waals surface area contributed by atoms with Crippen LogP contribution in [0.25, 0.3) is 0 Å². The quantitative estimate of drug-likeness (QED) is 0.632. The SMILES string of the molecule is CC1CCN(c2ccc([C@H](C)NC(=S)Nc3ccc(F)c(Cl)c3)cc2)CC1. The van der Waals surface area contributed by atoms with E-state index in [1.807, 2.05) is 0 Å². The lowest BCUT2D eigenvalue weighted by atomic mass is 9.98. The van der Waals surface area contributed by atoms with Crippen molar-refractivity contribution >= 4 is 40.3 Å². The number of thiocarbonyl (C=S) groups is 1. The molecule has 1 heterocycles. The normalized spacial score (nSPS) is 16.1. The lowest BCUT2D eigenvalue weighted by molar-refractivity contribution is 0.438. The molecule has 2 N–H and O–H groups in total. The molecule has 6 heteroatoms. The number of nitrogens with one attached hydrogen (secondary N) is 2. The highest BCUT2D eigenvalue weighted by atomic mass is 35.5. The highest BCUT2D eigenvalue weighted by molar-refractivity contribution is 7.80. The van der Waals surface area contributed by atoms with Gasteiger partial charge in [0.25, 0.3) is 0 Å². The molecule has 0 aromatic heterocycles. The molecule has 1 saturated heterocycles. The summed E-state index contributed by atoms with van der Waals surface area (Å²) >= 11 is 11.2. The van der Waals surface area contributed by atoms with Crippen LogP contribution in [-0.2, 0) is 0 Å². The molecule has 2 aromatic carbocycles. The largest absolute Gasteiger partial charge is 0.372 e. The Hall–Kier alpha value is -1.85. The van der Waals surface area contributed by atoms with Crippen LogP contribution in [0, 0.1) is 11.7 Å². The molecule has 0 bridgehead atoms. The zero-order valence-corrected chi connectivity index (χ0v) is 17.2. The number of halogens is 2. The van der Waals surface area contributed by atoms with Crippen LogP contribution in [-0.4, -0.2) is 18.2 Å². The molecular formula is C21H25ClFN3S. The number of rotatable bonds is 4. The zero-order valence-electron chi connectivity index (χ0n) is 15.6. The molecule has 1 fully saturated rings. The Labute approximate surface area is 170 Å². The first kappa shape index (κ1) is 19.9. The molecule has 27 heavy (non-hydrogen) atoms. The molecule has 0 radical (unpaired) electrons. The van der Waals surface area contributed by atoms with Crippen LogP contribution in [0.3, 0.4) is 0 Å². The molecule has 3 rings (SSSR count). The van der Waals surface area contributed by atoms with Crippen LogP contribution in [0.1, 0.15) is 38.3 Å². The van der Waals surface area contributed by atoms with Crippen molar-refractivity contribution < 1.29 is 4.39 Å². The zero-order chi connectivity index (χ0) is 19.4. The Balaban J connectivity index is 1.56. The van der Waals surface area contributed by atoms with Crippen molar-refractivity contribution in [3.8, 4) is 0 Å². The van der Waals surface area contributed by atoms with Crippen LogP contribution in [0.2, 0.25) is 5.02 Å². The van der Waals surface area contributed by atoms with Gasteiger partial charge in [-0.3, -0.25) is 0 Å². The van der Waals surface area contributed by atoms with Crippen molar-refractivity contribution in [1.82, 2.24) is 5.32 Å². The maximum atomic E-state index is 13.2. The van der Waals surface area contributed by atoms with Gasteiger partial charge in [-0.25, -0.2) is 4.39 Å². The van der Waals surface area contributed by atoms with Gasteiger partial charge in [0, 0.05) is 24.5 Å². The first-order valence-corrected chi connectivity index (χ1v) is 10.1. The van der Waals surface area contributed by atoms with Crippen LogP contribution >= 0.6 is 23.8 Å². The highest BCUT2D eigenvalue weighted by Crippen LogP contribution is 2.25. The fourth-order valence-corrected chi connectivity index (χ4v) is 3.74. The van der Waals surface area contributed by atoms with E-state index in [9.17, 15) is 4.39 Å². The summed E-state index contributed by atoms with van der Waals surface area (Å²) in [5.74, 6) is 0.381. The maximum absolute atomic E-state index is 13.2. The summed E-state index contributed by atoms with van der Waals surface area (Å²) in [5, 5.41) is 6.83. The summed E-state index contributed by atoms with van der Waals surface area (Å²) < 4.78 is 13.2. The summed E-state index contributed by atoms with van der Waals surface area (Å²) in [7, 11) is 0. The average Bonchev–Trinajstić information content (AvgIpc) is 2.65. The molecule has 0 aliphatic carbocycles. The van der Waals surface area contributed by atoms with Gasteiger partial charge in [0.2, 0.25) is 0 Å². The van der Waals surface area contributed by atoms with E-state index >= 15 is 0 Å². The summed E-state index contributed by atoms with van der Waals surface area (Å²) in [6.07, 6.45) is 2.51. The number of hydrogen-bond acceptors (Lipinski definition) is 2. The standard InChI is InChI=1S/C21H25ClFN3S/c1-14-9-11-26(12-10-14)18-6-3-16(4-7-18)15(2)24-21(27)25-17-5-8-20(23)19(22)13-17/h3-8,13-15H,9-12H2,1-2H3,(H2,24,25,27)/t15-/m0/s1. The molecule has 1 atom stereocenters. The summed E-state index contributed by atoms with van der Waals surface area (Å²) in [6.45, 7) is 6.64. The molecular weight excluding hydrogens is 381 g/mol. The van der Waals surface area contributed by atoms with Gasteiger partial charge in [-0.2, -0.15) is 0 Å². The topological polar surface area (TPSA) is 27.3 Å². The fraction of sp³-hybridized carbons (Fsp3) is 0.381. The number of nitrogens with zero attached hydrogens (tertiary/aromatic N) is 1. The third-order valence-corrected chi connectivity index (χ3v) is 5.58. The second-order valence-corrected chi connectivity index (χ2v) is 8.03. The summed E-state index contributed by atoms with van der Waals surface area (Å²) in [4.78, 5) is 2.45. The summed E-state index contributed by atoms with van der Waals surface area (Å²) in [5.41, 5.74) is 3.09. The van der Waals surface area contributed by atoms with Gasteiger partial charge in [0.1, 0.15) is 5.82 Å². The molecule has 1 aliphatic rings. The maximum Gasteiger partial charge on any atom is 0.171 e. The minimum Gasteiger partial charge on any atom is -0.372 e. The number of anilines is 2. The molecule has 0 spiro atoms. The van der Waals surface area contributed by atoms with E-state index in [0.29, 0.717) is 10.8 Å². The van der Waals surface area contributed by atoms with Crippen molar-refractivity contribution in [1.29, 1.82) is 0 Å². The minimum absolute atomic E-state index is 0.0522. The monoisotopic (exact) mass is 405 g/mol. The van der Waals surface area contributed by atoms with E-state index in [-0.39, 0.29) is 11.1 Å². The molecule has 0 unspecified atom stereocenters.